The number of para-hydroxylation sites is 1. The minimum absolute atomic E-state index is 0.0579. The number of carbonyl (C=O) groups is 1. The van der Waals surface area contributed by atoms with Crippen molar-refractivity contribution in [3.05, 3.63) is 53.6 Å². The number of ether oxygens (including phenoxy) is 2. The van der Waals surface area contributed by atoms with Crippen LogP contribution in [0.4, 0.5) is 0 Å². The van der Waals surface area contributed by atoms with Crippen LogP contribution in [-0.4, -0.2) is 44.4 Å². The highest BCUT2D eigenvalue weighted by Crippen LogP contribution is 2.46. The van der Waals surface area contributed by atoms with Gasteiger partial charge in [-0.25, -0.2) is 8.42 Å². The highest BCUT2D eigenvalue weighted by molar-refractivity contribution is 7.89. The van der Waals surface area contributed by atoms with Crippen molar-refractivity contribution in [2.24, 2.45) is 0 Å². The van der Waals surface area contributed by atoms with Crippen molar-refractivity contribution in [1.82, 2.24) is 9.62 Å². The number of hydrogen-bond acceptors (Lipinski definition) is 5. The summed E-state index contributed by atoms with van der Waals surface area (Å²) in [7, 11) is -1.97. The lowest BCUT2D eigenvalue weighted by atomic mass is 9.77. The standard InChI is InChI=1S/C28H36N2O5S/c1-34-25-13-12-22(36(32,33)30-17-7-8-18-30)19-21(25)11-14-27(31)29-24-20-28(15-5-2-6-16-28)35-26-10-4-3-9-23(24)26/h3-4,9-10,12-13,19,24H,2,5-8,11,14-18,20H2,1H3,(H,29,31)/t24-/m1/s1. The molecule has 3 aliphatic rings. The number of rotatable bonds is 7. The van der Waals surface area contributed by atoms with E-state index in [1.165, 1.54) is 10.7 Å². The Balaban J connectivity index is 1.30. The first-order chi connectivity index (χ1) is 17.4. The lowest BCUT2D eigenvalue weighted by Crippen LogP contribution is -2.46. The number of fused-ring (bicyclic) bond motifs is 1. The molecular weight excluding hydrogens is 476 g/mol. The summed E-state index contributed by atoms with van der Waals surface area (Å²) >= 11 is 0. The van der Waals surface area contributed by atoms with Gasteiger partial charge in [0.25, 0.3) is 0 Å². The summed E-state index contributed by atoms with van der Waals surface area (Å²) < 4.78 is 39.6. The molecule has 2 aromatic rings. The number of methoxy groups -OCH3 is 1. The summed E-state index contributed by atoms with van der Waals surface area (Å²) in [5.41, 5.74) is 1.55. The topological polar surface area (TPSA) is 84.9 Å². The van der Waals surface area contributed by atoms with Gasteiger partial charge < -0.3 is 14.8 Å². The third kappa shape index (κ3) is 5.11. The van der Waals surface area contributed by atoms with E-state index in [1.807, 2.05) is 24.3 Å². The van der Waals surface area contributed by atoms with E-state index in [0.29, 0.717) is 25.3 Å². The fourth-order valence-corrected chi connectivity index (χ4v) is 7.52. The van der Waals surface area contributed by atoms with E-state index in [4.69, 9.17) is 9.47 Å². The predicted octanol–water partition coefficient (Wildman–Crippen LogP) is 4.76. The summed E-state index contributed by atoms with van der Waals surface area (Å²) in [5.74, 6) is 1.41. The fraction of sp³-hybridized carbons (Fsp3) is 0.536. The van der Waals surface area contributed by atoms with Crippen LogP contribution in [-0.2, 0) is 21.2 Å². The van der Waals surface area contributed by atoms with Crippen molar-refractivity contribution in [2.45, 2.75) is 80.7 Å². The molecule has 7 nitrogen and oxygen atoms in total. The molecule has 0 radical (unpaired) electrons. The summed E-state index contributed by atoms with van der Waals surface area (Å²) in [6.07, 6.45) is 8.77. The average Bonchev–Trinajstić information content (AvgIpc) is 3.44. The van der Waals surface area contributed by atoms with E-state index in [9.17, 15) is 13.2 Å². The van der Waals surface area contributed by atoms with Gasteiger partial charge in [-0.05, 0) is 74.8 Å². The maximum Gasteiger partial charge on any atom is 0.243 e. The number of nitrogens with zero attached hydrogens (tertiary/aromatic N) is 1. The van der Waals surface area contributed by atoms with Gasteiger partial charge in [0.15, 0.2) is 0 Å². The second-order valence-corrected chi connectivity index (χ2v) is 12.2. The third-order valence-corrected chi connectivity index (χ3v) is 9.77. The fourth-order valence-electron chi connectivity index (χ4n) is 5.95. The Morgan fingerprint density at radius 2 is 1.83 bits per heavy atom. The average molecular weight is 513 g/mol. The van der Waals surface area contributed by atoms with Gasteiger partial charge in [-0.1, -0.05) is 24.6 Å². The quantitative estimate of drug-likeness (QED) is 0.579. The molecule has 2 fully saturated rings. The van der Waals surface area contributed by atoms with Crippen molar-refractivity contribution < 1.29 is 22.7 Å². The molecule has 1 N–H and O–H groups in total. The zero-order valence-corrected chi connectivity index (χ0v) is 21.8. The first-order valence-corrected chi connectivity index (χ1v) is 14.6. The van der Waals surface area contributed by atoms with Crippen LogP contribution in [0.25, 0.3) is 0 Å². The van der Waals surface area contributed by atoms with Crippen LogP contribution >= 0.6 is 0 Å². The molecule has 0 unspecified atom stereocenters. The molecule has 0 bridgehead atoms. The third-order valence-electron chi connectivity index (χ3n) is 7.87. The largest absolute Gasteiger partial charge is 0.496 e. The molecule has 2 aliphatic heterocycles. The molecule has 194 valence electrons. The van der Waals surface area contributed by atoms with Crippen LogP contribution in [0.5, 0.6) is 11.5 Å². The van der Waals surface area contributed by atoms with E-state index in [2.05, 4.69) is 5.32 Å². The van der Waals surface area contributed by atoms with Gasteiger partial charge in [0.1, 0.15) is 17.1 Å². The molecule has 1 atom stereocenters. The van der Waals surface area contributed by atoms with E-state index in [1.54, 1.807) is 25.3 Å². The number of benzene rings is 2. The van der Waals surface area contributed by atoms with Gasteiger partial charge in [0, 0.05) is 31.5 Å². The molecule has 2 aromatic carbocycles. The maximum absolute atomic E-state index is 13.1. The number of amides is 1. The minimum Gasteiger partial charge on any atom is -0.496 e. The SMILES string of the molecule is COc1ccc(S(=O)(=O)N2CCCC2)cc1CCC(=O)N[C@@H]1CC2(CCCCC2)Oc2ccccc21. The Morgan fingerprint density at radius 3 is 2.58 bits per heavy atom. The molecular formula is C28H36N2O5S. The number of hydrogen-bond donors (Lipinski definition) is 1. The highest BCUT2D eigenvalue weighted by Gasteiger charge is 2.42. The minimum atomic E-state index is -3.53. The summed E-state index contributed by atoms with van der Waals surface area (Å²) in [6, 6.07) is 12.9. The smallest absolute Gasteiger partial charge is 0.243 e. The van der Waals surface area contributed by atoms with Crippen LogP contribution in [0.3, 0.4) is 0 Å². The summed E-state index contributed by atoms with van der Waals surface area (Å²) in [4.78, 5) is 13.4. The van der Waals surface area contributed by atoms with Gasteiger partial charge >= 0.3 is 0 Å². The molecule has 36 heavy (non-hydrogen) atoms. The first kappa shape index (κ1) is 25.1. The lowest BCUT2D eigenvalue weighted by Gasteiger charge is -2.44. The number of aryl methyl sites for hydroxylation is 1. The van der Waals surface area contributed by atoms with Crippen molar-refractivity contribution in [3.8, 4) is 11.5 Å². The predicted molar refractivity (Wildman–Crippen MR) is 138 cm³/mol. The molecule has 1 saturated heterocycles. The van der Waals surface area contributed by atoms with Gasteiger partial charge in [-0.2, -0.15) is 4.31 Å². The molecule has 0 aromatic heterocycles. The summed E-state index contributed by atoms with van der Waals surface area (Å²) in [6.45, 7) is 1.11. The zero-order chi connectivity index (χ0) is 25.2. The second-order valence-electron chi connectivity index (χ2n) is 10.3. The van der Waals surface area contributed by atoms with Crippen LogP contribution in [0, 0.1) is 0 Å². The molecule has 1 amide bonds. The Bertz CT molecular complexity index is 1200. The number of sulfonamides is 1. The maximum atomic E-state index is 13.1. The van der Waals surface area contributed by atoms with Crippen LogP contribution in [0.1, 0.15) is 75.0 Å². The van der Waals surface area contributed by atoms with Crippen molar-refractivity contribution >= 4 is 15.9 Å². The summed E-state index contributed by atoms with van der Waals surface area (Å²) in [5, 5.41) is 3.26. The van der Waals surface area contributed by atoms with Crippen LogP contribution in [0.2, 0.25) is 0 Å². The first-order valence-electron chi connectivity index (χ1n) is 13.1. The zero-order valence-electron chi connectivity index (χ0n) is 21.0. The van der Waals surface area contributed by atoms with Crippen LogP contribution in [0.15, 0.2) is 47.4 Å². The van der Waals surface area contributed by atoms with Crippen molar-refractivity contribution in [1.29, 1.82) is 0 Å². The molecule has 5 rings (SSSR count). The molecule has 2 heterocycles. The monoisotopic (exact) mass is 512 g/mol. The van der Waals surface area contributed by atoms with E-state index in [-0.39, 0.29) is 28.9 Å². The van der Waals surface area contributed by atoms with Gasteiger partial charge in [-0.3, -0.25) is 4.79 Å². The number of nitrogens with one attached hydrogen (secondary N) is 1. The van der Waals surface area contributed by atoms with Crippen LogP contribution < -0.4 is 14.8 Å². The number of carbonyl (C=O) groups excluding carboxylic acids is 1. The highest BCUT2D eigenvalue weighted by atomic mass is 32.2. The molecule has 1 saturated carbocycles. The van der Waals surface area contributed by atoms with E-state index >= 15 is 0 Å². The van der Waals surface area contributed by atoms with Gasteiger partial charge in [0.05, 0.1) is 18.0 Å². The Hall–Kier alpha value is -2.58. The Labute approximate surface area is 214 Å². The van der Waals surface area contributed by atoms with Crippen molar-refractivity contribution in [3.63, 3.8) is 0 Å². The normalized spacial score (nSPS) is 21.5. The second kappa shape index (κ2) is 10.4. The molecule has 1 spiro atoms. The Kier molecular flexibility index (Phi) is 7.26. The lowest BCUT2D eigenvalue weighted by molar-refractivity contribution is -0.122. The van der Waals surface area contributed by atoms with Gasteiger partial charge in [0.2, 0.25) is 15.9 Å². The van der Waals surface area contributed by atoms with Crippen molar-refractivity contribution in [2.75, 3.05) is 20.2 Å². The molecule has 8 heteroatoms. The van der Waals surface area contributed by atoms with Gasteiger partial charge in [-0.15, -0.1) is 0 Å². The Morgan fingerprint density at radius 1 is 1.08 bits per heavy atom. The van der Waals surface area contributed by atoms with E-state index in [0.717, 1.165) is 61.8 Å². The molecule has 1 aliphatic carbocycles. The van der Waals surface area contributed by atoms with E-state index < -0.39 is 10.0 Å².